The Morgan fingerprint density at radius 3 is 3.00 bits per heavy atom. The summed E-state index contributed by atoms with van der Waals surface area (Å²) < 4.78 is 2.05. The van der Waals surface area contributed by atoms with Crippen LogP contribution < -0.4 is 0 Å². The molecule has 5 heteroatoms. The summed E-state index contributed by atoms with van der Waals surface area (Å²) in [4.78, 5) is 8.55. The van der Waals surface area contributed by atoms with Crippen molar-refractivity contribution in [3.05, 3.63) is 41.3 Å². The lowest BCUT2D eigenvalue weighted by Crippen LogP contribution is -2.28. The first-order valence-electron chi connectivity index (χ1n) is 4.48. The van der Waals surface area contributed by atoms with Crippen molar-refractivity contribution in [3.8, 4) is 0 Å². The second-order valence-electron chi connectivity index (χ2n) is 2.92. The summed E-state index contributed by atoms with van der Waals surface area (Å²) in [7, 11) is 0. The predicted molar refractivity (Wildman–Crippen MR) is 64.9 cm³/mol. The van der Waals surface area contributed by atoms with Crippen molar-refractivity contribution in [3.63, 3.8) is 0 Å². The fourth-order valence-electron chi connectivity index (χ4n) is 1.29. The normalized spacial score (nSPS) is 16.0. The zero-order chi connectivity index (χ0) is 10.7. The molecular weight excluding hydrogens is 230 g/mol. The third kappa shape index (κ3) is 2.33. The van der Waals surface area contributed by atoms with Crippen LogP contribution in [0.15, 0.2) is 40.6 Å². The molecule has 0 bridgehead atoms. The average Bonchev–Trinajstić information content (AvgIpc) is 2.30. The van der Waals surface area contributed by atoms with Crippen molar-refractivity contribution >= 4 is 29.4 Å². The maximum atomic E-state index is 5.89. The van der Waals surface area contributed by atoms with Gasteiger partial charge >= 0.3 is 0 Å². The van der Waals surface area contributed by atoms with Gasteiger partial charge in [0.2, 0.25) is 0 Å². The number of hydrogen-bond donors (Lipinski definition) is 0. The summed E-state index contributed by atoms with van der Waals surface area (Å²) in [6.07, 6.45) is 5.64. The third-order valence-electron chi connectivity index (χ3n) is 1.99. The fourth-order valence-corrected chi connectivity index (χ4v) is 1.97. The quantitative estimate of drug-likeness (QED) is 0.587. The number of aliphatic imine (C=N–C) groups is 1. The van der Waals surface area contributed by atoms with Crippen LogP contribution in [0.25, 0.3) is 0 Å². The van der Waals surface area contributed by atoms with Gasteiger partial charge in [-0.05, 0) is 18.2 Å². The Labute approximate surface area is 98.0 Å². The molecule has 2 rings (SSSR count). The molecule has 1 aliphatic rings. The van der Waals surface area contributed by atoms with Crippen molar-refractivity contribution in [2.45, 2.75) is 0 Å². The molecule has 0 atom stereocenters. The highest BCUT2D eigenvalue weighted by atomic mass is 35.5. The molecule has 1 aromatic heterocycles. The first-order valence-corrected chi connectivity index (χ1v) is 6.04. The number of pyridine rings is 1. The van der Waals surface area contributed by atoms with Crippen molar-refractivity contribution in [1.29, 1.82) is 0 Å². The van der Waals surface area contributed by atoms with E-state index in [0.29, 0.717) is 5.16 Å². The SMILES string of the molecule is CSN1CC=C(Cl)N=C1c1ccccn1. The van der Waals surface area contributed by atoms with Gasteiger partial charge in [-0.3, -0.25) is 9.29 Å². The van der Waals surface area contributed by atoms with E-state index in [1.54, 1.807) is 18.1 Å². The largest absolute Gasteiger partial charge is 0.295 e. The van der Waals surface area contributed by atoms with Crippen LogP contribution in [0, 0.1) is 0 Å². The highest BCUT2D eigenvalue weighted by molar-refractivity contribution is 7.96. The monoisotopic (exact) mass is 239 g/mol. The predicted octanol–water partition coefficient (Wildman–Crippen LogP) is 2.50. The highest BCUT2D eigenvalue weighted by Crippen LogP contribution is 2.20. The molecule has 1 aliphatic heterocycles. The summed E-state index contributed by atoms with van der Waals surface area (Å²) >= 11 is 7.50. The van der Waals surface area contributed by atoms with Gasteiger partial charge in [-0.1, -0.05) is 29.6 Å². The van der Waals surface area contributed by atoms with Gasteiger partial charge in [-0.25, -0.2) is 4.99 Å². The number of aromatic nitrogens is 1. The highest BCUT2D eigenvalue weighted by Gasteiger charge is 2.17. The van der Waals surface area contributed by atoms with Crippen molar-refractivity contribution in [2.24, 2.45) is 4.99 Å². The van der Waals surface area contributed by atoms with Crippen molar-refractivity contribution < 1.29 is 0 Å². The van der Waals surface area contributed by atoms with E-state index in [2.05, 4.69) is 9.98 Å². The molecule has 0 saturated heterocycles. The van der Waals surface area contributed by atoms with E-state index >= 15 is 0 Å². The number of halogens is 1. The first kappa shape index (κ1) is 10.5. The Balaban J connectivity index is 2.37. The minimum Gasteiger partial charge on any atom is -0.295 e. The van der Waals surface area contributed by atoms with Crippen LogP contribution in [0.2, 0.25) is 0 Å². The molecule has 2 heterocycles. The number of hydrogen-bond acceptors (Lipinski definition) is 4. The molecule has 1 aromatic rings. The minimum absolute atomic E-state index is 0.529. The minimum atomic E-state index is 0.529. The lowest BCUT2D eigenvalue weighted by Gasteiger charge is -2.23. The number of amidine groups is 1. The Kier molecular flexibility index (Phi) is 3.28. The molecule has 0 aromatic carbocycles. The van der Waals surface area contributed by atoms with Gasteiger partial charge in [0.15, 0.2) is 5.84 Å². The zero-order valence-electron chi connectivity index (χ0n) is 8.22. The van der Waals surface area contributed by atoms with Crippen LogP contribution in [-0.4, -0.2) is 27.9 Å². The van der Waals surface area contributed by atoms with Gasteiger partial charge in [-0.15, -0.1) is 0 Å². The van der Waals surface area contributed by atoms with Gasteiger partial charge < -0.3 is 0 Å². The van der Waals surface area contributed by atoms with Gasteiger partial charge in [0.1, 0.15) is 10.9 Å². The molecule has 0 spiro atoms. The molecule has 0 aliphatic carbocycles. The van der Waals surface area contributed by atoms with Gasteiger partial charge in [0, 0.05) is 12.5 Å². The summed E-state index contributed by atoms with van der Waals surface area (Å²) in [6, 6.07) is 5.75. The Hall–Kier alpha value is -1.00. The maximum absolute atomic E-state index is 5.89. The van der Waals surface area contributed by atoms with E-state index in [-0.39, 0.29) is 0 Å². The third-order valence-corrected chi connectivity index (χ3v) is 2.99. The van der Waals surface area contributed by atoms with Crippen LogP contribution in [0.1, 0.15) is 5.69 Å². The summed E-state index contributed by atoms with van der Waals surface area (Å²) in [5.74, 6) is 0.815. The summed E-state index contributed by atoms with van der Waals surface area (Å²) in [5.41, 5.74) is 0.845. The van der Waals surface area contributed by atoms with Crippen LogP contribution >= 0.6 is 23.5 Å². The molecule has 0 amide bonds. The van der Waals surface area contributed by atoms with Crippen LogP contribution in [0.3, 0.4) is 0 Å². The Morgan fingerprint density at radius 2 is 2.33 bits per heavy atom. The zero-order valence-corrected chi connectivity index (χ0v) is 9.79. The molecule has 0 saturated carbocycles. The lowest BCUT2D eigenvalue weighted by molar-refractivity contribution is 0.742. The topological polar surface area (TPSA) is 28.5 Å². The summed E-state index contributed by atoms with van der Waals surface area (Å²) in [5, 5.41) is 0.529. The van der Waals surface area contributed by atoms with Crippen molar-refractivity contribution in [1.82, 2.24) is 9.29 Å². The molecule has 0 unspecified atom stereocenters. The maximum Gasteiger partial charge on any atom is 0.166 e. The standard InChI is InChI=1S/C10H10ClN3S/c1-15-14-7-5-9(11)13-10(14)8-4-2-3-6-12-8/h2-6H,7H2,1H3. The summed E-state index contributed by atoms with van der Waals surface area (Å²) in [6.45, 7) is 0.759. The second kappa shape index (κ2) is 4.68. The van der Waals surface area contributed by atoms with Gasteiger partial charge in [-0.2, -0.15) is 0 Å². The average molecular weight is 240 g/mol. The smallest absolute Gasteiger partial charge is 0.166 e. The first-order chi connectivity index (χ1) is 7.31. The van der Waals surface area contributed by atoms with Gasteiger partial charge in [0.05, 0.1) is 6.54 Å². The van der Waals surface area contributed by atoms with E-state index in [0.717, 1.165) is 18.1 Å². The van der Waals surface area contributed by atoms with E-state index in [1.807, 2.05) is 34.8 Å². The van der Waals surface area contributed by atoms with Crippen LogP contribution in [-0.2, 0) is 0 Å². The molecule has 0 radical (unpaired) electrons. The lowest BCUT2D eigenvalue weighted by atomic mass is 10.3. The number of nitrogens with zero attached hydrogens (tertiary/aromatic N) is 3. The van der Waals surface area contributed by atoms with E-state index in [4.69, 9.17) is 11.6 Å². The van der Waals surface area contributed by atoms with Crippen molar-refractivity contribution in [2.75, 3.05) is 12.8 Å². The molecule has 0 fully saturated rings. The Morgan fingerprint density at radius 1 is 1.47 bits per heavy atom. The van der Waals surface area contributed by atoms with Crippen LogP contribution in [0.5, 0.6) is 0 Å². The molecule has 78 valence electrons. The molecule has 15 heavy (non-hydrogen) atoms. The van der Waals surface area contributed by atoms with E-state index < -0.39 is 0 Å². The number of rotatable bonds is 2. The van der Waals surface area contributed by atoms with E-state index in [9.17, 15) is 0 Å². The fraction of sp³-hybridized carbons (Fsp3) is 0.200. The van der Waals surface area contributed by atoms with Crippen LogP contribution in [0.4, 0.5) is 0 Å². The second-order valence-corrected chi connectivity index (χ2v) is 4.11. The molecule has 3 nitrogen and oxygen atoms in total. The Bertz CT molecular complexity index is 402. The van der Waals surface area contributed by atoms with Gasteiger partial charge in [0.25, 0.3) is 0 Å². The van der Waals surface area contributed by atoms with E-state index in [1.165, 1.54) is 0 Å². The molecular formula is C10H10ClN3S. The molecule has 0 N–H and O–H groups in total.